The lowest BCUT2D eigenvalue weighted by Crippen LogP contribution is -2.07. The van der Waals surface area contributed by atoms with Crippen LogP contribution in [-0.4, -0.2) is 11.7 Å². The van der Waals surface area contributed by atoms with Crippen LogP contribution < -0.4 is 10.1 Å². The predicted octanol–water partition coefficient (Wildman–Crippen LogP) is 5.33. The van der Waals surface area contributed by atoms with Crippen LogP contribution in [0.25, 0.3) is 6.08 Å². The summed E-state index contributed by atoms with van der Waals surface area (Å²) < 4.78 is 5.79. The number of nitrogens with one attached hydrogen (secondary N) is 1. The summed E-state index contributed by atoms with van der Waals surface area (Å²) in [5.41, 5.74) is 2.10. The zero-order chi connectivity index (χ0) is 19.1. The highest BCUT2D eigenvalue weighted by Gasteiger charge is 2.02. The van der Waals surface area contributed by atoms with Crippen molar-refractivity contribution < 1.29 is 14.3 Å². The molecular weight excluding hydrogens is 338 g/mol. The van der Waals surface area contributed by atoms with Gasteiger partial charge in [-0.1, -0.05) is 30.3 Å². The molecule has 0 aliphatic rings. The fourth-order valence-corrected chi connectivity index (χ4v) is 2.45. The smallest absolute Gasteiger partial charge is 0.248 e. The van der Waals surface area contributed by atoms with Gasteiger partial charge >= 0.3 is 0 Å². The van der Waals surface area contributed by atoms with Crippen LogP contribution in [0.2, 0.25) is 0 Å². The van der Waals surface area contributed by atoms with Gasteiger partial charge in [0.25, 0.3) is 0 Å². The van der Waals surface area contributed by atoms with Gasteiger partial charge in [-0.2, -0.15) is 0 Å². The minimum Gasteiger partial charge on any atom is -0.457 e. The summed E-state index contributed by atoms with van der Waals surface area (Å²) in [6.45, 7) is 1.51. The number of anilines is 1. The van der Waals surface area contributed by atoms with E-state index in [1.165, 1.54) is 13.0 Å². The summed E-state index contributed by atoms with van der Waals surface area (Å²) in [5.74, 6) is 1.19. The van der Waals surface area contributed by atoms with Crippen molar-refractivity contribution >= 4 is 23.5 Å². The van der Waals surface area contributed by atoms with Gasteiger partial charge in [-0.15, -0.1) is 0 Å². The van der Waals surface area contributed by atoms with Crippen molar-refractivity contribution in [2.45, 2.75) is 6.92 Å². The summed E-state index contributed by atoms with van der Waals surface area (Å²) in [4.78, 5) is 23.4. The number of ketones is 1. The topological polar surface area (TPSA) is 55.4 Å². The fourth-order valence-electron chi connectivity index (χ4n) is 2.45. The first kappa shape index (κ1) is 18.1. The van der Waals surface area contributed by atoms with E-state index in [0.29, 0.717) is 17.0 Å². The molecule has 0 unspecified atom stereocenters. The zero-order valence-electron chi connectivity index (χ0n) is 14.9. The highest BCUT2D eigenvalue weighted by molar-refractivity contribution is 6.02. The monoisotopic (exact) mass is 357 g/mol. The Hall–Kier alpha value is -3.66. The molecular formula is C23H19NO3. The molecule has 0 radical (unpaired) electrons. The molecule has 3 aromatic rings. The van der Waals surface area contributed by atoms with Crippen LogP contribution in [0.5, 0.6) is 11.5 Å². The molecule has 0 saturated heterocycles. The molecule has 3 aromatic carbocycles. The van der Waals surface area contributed by atoms with Gasteiger partial charge in [-0.3, -0.25) is 9.59 Å². The quantitative estimate of drug-likeness (QED) is 0.479. The van der Waals surface area contributed by atoms with Crippen molar-refractivity contribution in [2.75, 3.05) is 5.32 Å². The van der Waals surface area contributed by atoms with E-state index in [1.54, 1.807) is 30.3 Å². The fraction of sp³-hybridized carbons (Fsp3) is 0.0435. The third-order valence-corrected chi connectivity index (χ3v) is 3.82. The normalized spacial score (nSPS) is 10.6. The molecule has 0 aromatic heterocycles. The maximum atomic E-state index is 12.1. The van der Waals surface area contributed by atoms with Gasteiger partial charge in [0.1, 0.15) is 11.5 Å². The van der Waals surface area contributed by atoms with Gasteiger partial charge in [0.15, 0.2) is 5.78 Å². The van der Waals surface area contributed by atoms with E-state index in [-0.39, 0.29) is 11.7 Å². The third-order valence-electron chi connectivity index (χ3n) is 3.82. The highest BCUT2D eigenvalue weighted by Crippen LogP contribution is 2.22. The molecule has 0 heterocycles. The molecule has 0 aliphatic carbocycles. The Morgan fingerprint density at radius 2 is 1.56 bits per heavy atom. The minimum absolute atomic E-state index is 0.00891. The van der Waals surface area contributed by atoms with E-state index in [2.05, 4.69) is 5.32 Å². The van der Waals surface area contributed by atoms with Crippen LogP contribution >= 0.6 is 0 Å². The highest BCUT2D eigenvalue weighted by atomic mass is 16.5. The number of amides is 1. The van der Waals surface area contributed by atoms with Gasteiger partial charge in [-0.25, -0.2) is 0 Å². The molecule has 0 aliphatic heterocycles. The third kappa shape index (κ3) is 5.41. The number of carbonyl (C=O) groups is 2. The first-order valence-electron chi connectivity index (χ1n) is 8.53. The van der Waals surface area contributed by atoms with E-state index in [4.69, 9.17) is 4.74 Å². The van der Waals surface area contributed by atoms with E-state index >= 15 is 0 Å². The summed E-state index contributed by atoms with van der Waals surface area (Å²) in [6.07, 6.45) is 3.18. The Kier molecular flexibility index (Phi) is 5.80. The first-order chi connectivity index (χ1) is 13.1. The van der Waals surface area contributed by atoms with Crippen molar-refractivity contribution in [1.29, 1.82) is 0 Å². The number of ether oxygens (including phenoxy) is 1. The van der Waals surface area contributed by atoms with Gasteiger partial charge in [-0.05, 0) is 67.1 Å². The number of para-hydroxylation sites is 1. The number of carbonyl (C=O) groups excluding carboxylic acids is 2. The molecule has 4 heteroatoms. The molecule has 0 bridgehead atoms. The lowest BCUT2D eigenvalue weighted by molar-refractivity contribution is -0.111. The molecule has 0 fully saturated rings. The Labute approximate surface area is 158 Å². The van der Waals surface area contributed by atoms with Crippen LogP contribution in [0.3, 0.4) is 0 Å². The molecule has 4 nitrogen and oxygen atoms in total. The maximum absolute atomic E-state index is 12.1. The number of rotatable bonds is 6. The van der Waals surface area contributed by atoms with Crippen LogP contribution in [0.15, 0.2) is 84.9 Å². The second-order valence-corrected chi connectivity index (χ2v) is 5.94. The summed E-state index contributed by atoms with van der Waals surface area (Å²) >= 11 is 0. The standard InChI is InChI=1S/C23H19NO3/c1-17(25)19-11-13-20(14-12-19)24-23(26)15-10-18-6-5-9-22(16-18)27-21-7-3-2-4-8-21/h2-16H,1H3,(H,24,26). The number of hydrogen-bond acceptors (Lipinski definition) is 3. The molecule has 1 N–H and O–H groups in total. The summed E-state index contributed by atoms with van der Waals surface area (Å²) in [5, 5.41) is 2.76. The SMILES string of the molecule is CC(=O)c1ccc(NC(=O)C=Cc2cccc(Oc3ccccc3)c2)cc1. The Balaban J connectivity index is 1.62. The van der Waals surface area contributed by atoms with E-state index in [0.717, 1.165) is 11.3 Å². The van der Waals surface area contributed by atoms with Crippen molar-refractivity contribution in [2.24, 2.45) is 0 Å². The van der Waals surface area contributed by atoms with Gasteiger partial charge in [0.05, 0.1) is 0 Å². The summed E-state index contributed by atoms with van der Waals surface area (Å²) in [6, 6.07) is 23.8. The van der Waals surface area contributed by atoms with Crippen LogP contribution in [0, 0.1) is 0 Å². The molecule has 1 amide bonds. The minimum atomic E-state index is -0.250. The van der Waals surface area contributed by atoms with Gasteiger partial charge < -0.3 is 10.1 Å². The molecule has 134 valence electrons. The zero-order valence-corrected chi connectivity index (χ0v) is 14.9. The number of hydrogen-bond donors (Lipinski definition) is 1. The Morgan fingerprint density at radius 1 is 0.852 bits per heavy atom. The molecule has 0 atom stereocenters. The molecule has 27 heavy (non-hydrogen) atoms. The van der Waals surface area contributed by atoms with E-state index in [9.17, 15) is 9.59 Å². The summed E-state index contributed by atoms with van der Waals surface area (Å²) in [7, 11) is 0. The predicted molar refractivity (Wildman–Crippen MR) is 107 cm³/mol. The number of benzene rings is 3. The van der Waals surface area contributed by atoms with Crippen molar-refractivity contribution in [3.8, 4) is 11.5 Å². The Morgan fingerprint density at radius 3 is 2.26 bits per heavy atom. The lowest BCUT2D eigenvalue weighted by atomic mass is 10.1. The average molecular weight is 357 g/mol. The van der Waals surface area contributed by atoms with Crippen LogP contribution in [0.1, 0.15) is 22.8 Å². The Bertz CT molecular complexity index is 960. The average Bonchev–Trinajstić information content (AvgIpc) is 2.68. The van der Waals surface area contributed by atoms with E-state index < -0.39 is 0 Å². The number of Topliss-reactive ketones (excluding diaryl/α,β-unsaturated/α-hetero) is 1. The molecule has 3 rings (SSSR count). The van der Waals surface area contributed by atoms with Gasteiger partial charge in [0, 0.05) is 17.3 Å². The van der Waals surface area contributed by atoms with Crippen LogP contribution in [-0.2, 0) is 4.79 Å². The largest absolute Gasteiger partial charge is 0.457 e. The lowest BCUT2D eigenvalue weighted by Gasteiger charge is -2.06. The molecule has 0 spiro atoms. The van der Waals surface area contributed by atoms with Crippen molar-refractivity contribution in [3.05, 3.63) is 96.1 Å². The molecule has 0 saturated carbocycles. The second-order valence-electron chi connectivity index (χ2n) is 5.94. The first-order valence-corrected chi connectivity index (χ1v) is 8.53. The second kappa shape index (κ2) is 8.63. The van der Waals surface area contributed by atoms with Crippen molar-refractivity contribution in [3.63, 3.8) is 0 Å². The van der Waals surface area contributed by atoms with Gasteiger partial charge in [0.2, 0.25) is 5.91 Å². The van der Waals surface area contributed by atoms with E-state index in [1.807, 2.05) is 54.6 Å². The van der Waals surface area contributed by atoms with Crippen molar-refractivity contribution in [1.82, 2.24) is 0 Å². The maximum Gasteiger partial charge on any atom is 0.248 e. The van der Waals surface area contributed by atoms with Crippen LogP contribution in [0.4, 0.5) is 5.69 Å².